The summed E-state index contributed by atoms with van der Waals surface area (Å²) in [6.07, 6.45) is 9.19. The first-order chi connectivity index (χ1) is 8.72. The van der Waals surface area contributed by atoms with E-state index in [1.165, 1.54) is 30.7 Å². The summed E-state index contributed by atoms with van der Waals surface area (Å²) in [6.45, 7) is 3.42. The van der Waals surface area contributed by atoms with Crippen molar-refractivity contribution in [3.05, 3.63) is 0 Å². The summed E-state index contributed by atoms with van der Waals surface area (Å²) in [5.41, 5.74) is 0. The van der Waals surface area contributed by atoms with Gasteiger partial charge in [-0.1, -0.05) is 39.0 Å². The number of hydrogen-bond donors (Lipinski definition) is 1. The lowest BCUT2D eigenvalue weighted by Crippen LogP contribution is -2.35. The summed E-state index contributed by atoms with van der Waals surface area (Å²) in [5.74, 6) is -0.0677. The zero-order valence-corrected chi connectivity index (χ0v) is 11.6. The molecule has 1 heterocycles. The third-order valence-corrected chi connectivity index (χ3v) is 3.45. The summed E-state index contributed by atoms with van der Waals surface area (Å²) >= 11 is 0. The van der Waals surface area contributed by atoms with Crippen molar-refractivity contribution in [2.24, 2.45) is 0 Å². The van der Waals surface area contributed by atoms with Gasteiger partial charge in [0.1, 0.15) is 6.10 Å². The number of piperidine rings is 1. The van der Waals surface area contributed by atoms with Crippen LogP contribution in [0.5, 0.6) is 0 Å². The highest BCUT2D eigenvalue weighted by atomic mass is 16.5. The molecule has 0 radical (unpaired) electrons. The van der Waals surface area contributed by atoms with Crippen molar-refractivity contribution < 1.29 is 14.7 Å². The molecule has 0 aliphatic carbocycles. The van der Waals surface area contributed by atoms with Gasteiger partial charge in [-0.3, -0.25) is 4.79 Å². The molecule has 0 unspecified atom stereocenters. The maximum absolute atomic E-state index is 11.6. The molecule has 0 amide bonds. The minimum atomic E-state index is -0.0677. The molecule has 4 heteroatoms. The molecular weight excluding hydrogens is 230 g/mol. The number of carbonyl (C=O) groups excluding carboxylic acids is 1. The van der Waals surface area contributed by atoms with Crippen molar-refractivity contribution in [3.8, 4) is 0 Å². The van der Waals surface area contributed by atoms with Crippen LogP contribution in [0.1, 0.15) is 64.7 Å². The lowest BCUT2D eigenvalue weighted by atomic mass is 10.1. The minimum absolute atomic E-state index is 0.0148. The third-order valence-electron chi connectivity index (χ3n) is 3.45. The Bertz CT molecular complexity index is 225. The number of nitrogens with zero attached hydrogens (tertiary/aromatic N) is 1. The molecule has 0 bridgehead atoms. The second-order valence-corrected chi connectivity index (χ2v) is 5.16. The monoisotopic (exact) mass is 257 g/mol. The number of esters is 1. The first-order valence-electron chi connectivity index (χ1n) is 7.35. The van der Waals surface area contributed by atoms with Gasteiger partial charge in [0.25, 0.3) is 0 Å². The maximum atomic E-state index is 11.6. The van der Waals surface area contributed by atoms with Crippen molar-refractivity contribution >= 4 is 5.97 Å². The zero-order chi connectivity index (χ0) is 13.2. The maximum Gasteiger partial charge on any atom is 0.306 e. The molecule has 1 rings (SSSR count). The van der Waals surface area contributed by atoms with E-state index in [-0.39, 0.29) is 12.1 Å². The predicted octanol–water partition coefficient (Wildman–Crippen LogP) is 3.13. The first kappa shape index (κ1) is 15.4. The van der Waals surface area contributed by atoms with Gasteiger partial charge in [-0.15, -0.1) is 0 Å². The van der Waals surface area contributed by atoms with Gasteiger partial charge in [0.05, 0.1) is 0 Å². The van der Waals surface area contributed by atoms with Gasteiger partial charge in [-0.2, -0.15) is 5.06 Å². The van der Waals surface area contributed by atoms with Gasteiger partial charge in [0.15, 0.2) is 0 Å². The van der Waals surface area contributed by atoms with Crippen LogP contribution in [-0.4, -0.2) is 35.4 Å². The molecule has 0 aromatic heterocycles. The Morgan fingerprint density at radius 1 is 1.17 bits per heavy atom. The number of hydroxylamine groups is 2. The van der Waals surface area contributed by atoms with Crippen LogP contribution in [0.2, 0.25) is 0 Å². The van der Waals surface area contributed by atoms with Gasteiger partial charge >= 0.3 is 5.97 Å². The molecule has 1 aliphatic heterocycles. The number of ether oxygens (including phenoxy) is 1. The van der Waals surface area contributed by atoms with Gasteiger partial charge in [0, 0.05) is 19.5 Å². The molecule has 0 atom stereocenters. The fraction of sp³-hybridized carbons (Fsp3) is 0.929. The molecule has 0 aromatic rings. The Morgan fingerprint density at radius 3 is 2.44 bits per heavy atom. The molecule has 0 aromatic carbocycles. The standard InChI is InChI=1S/C14H27NO3/c1-2-3-4-5-6-7-8-14(16)18-13-9-11-15(17)12-10-13/h13,17H,2-12H2,1H3. The van der Waals surface area contributed by atoms with Crippen LogP contribution in [0, 0.1) is 0 Å². The zero-order valence-electron chi connectivity index (χ0n) is 11.6. The van der Waals surface area contributed by atoms with Crippen LogP contribution < -0.4 is 0 Å². The third kappa shape index (κ3) is 6.97. The smallest absolute Gasteiger partial charge is 0.306 e. The summed E-state index contributed by atoms with van der Waals surface area (Å²) in [7, 11) is 0. The van der Waals surface area contributed by atoms with E-state index in [2.05, 4.69) is 6.92 Å². The highest BCUT2D eigenvalue weighted by Crippen LogP contribution is 2.14. The van der Waals surface area contributed by atoms with E-state index in [0.29, 0.717) is 19.5 Å². The molecule has 1 fully saturated rings. The highest BCUT2D eigenvalue weighted by molar-refractivity contribution is 5.69. The Hall–Kier alpha value is -0.610. The molecule has 1 aliphatic rings. The van der Waals surface area contributed by atoms with Crippen molar-refractivity contribution in [1.82, 2.24) is 5.06 Å². The fourth-order valence-corrected chi connectivity index (χ4v) is 2.25. The minimum Gasteiger partial charge on any atom is -0.462 e. The van der Waals surface area contributed by atoms with E-state index < -0.39 is 0 Å². The van der Waals surface area contributed by atoms with Crippen molar-refractivity contribution in [3.63, 3.8) is 0 Å². The Kier molecular flexibility index (Phi) is 8.01. The summed E-state index contributed by atoms with van der Waals surface area (Å²) < 4.78 is 5.39. The normalized spacial score (nSPS) is 17.9. The van der Waals surface area contributed by atoms with Gasteiger partial charge in [-0.25, -0.2) is 0 Å². The van der Waals surface area contributed by atoms with Crippen LogP contribution >= 0.6 is 0 Å². The predicted molar refractivity (Wildman–Crippen MR) is 70.5 cm³/mol. The van der Waals surface area contributed by atoms with Gasteiger partial charge in [0.2, 0.25) is 0 Å². The summed E-state index contributed by atoms with van der Waals surface area (Å²) in [6, 6.07) is 0. The van der Waals surface area contributed by atoms with Crippen LogP contribution in [0.25, 0.3) is 0 Å². The topological polar surface area (TPSA) is 49.8 Å². The van der Waals surface area contributed by atoms with E-state index >= 15 is 0 Å². The molecule has 18 heavy (non-hydrogen) atoms. The largest absolute Gasteiger partial charge is 0.462 e. The van der Waals surface area contributed by atoms with Crippen LogP contribution in [0.4, 0.5) is 0 Å². The van der Waals surface area contributed by atoms with Crippen LogP contribution in [0.15, 0.2) is 0 Å². The summed E-state index contributed by atoms with van der Waals surface area (Å²) in [5, 5.41) is 10.5. The summed E-state index contributed by atoms with van der Waals surface area (Å²) in [4.78, 5) is 11.6. The average molecular weight is 257 g/mol. The molecule has 4 nitrogen and oxygen atoms in total. The highest BCUT2D eigenvalue weighted by Gasteiger charge is 2.20. The number of unbranched alkanes of at least 4 members (excludes halogenated alkanes) is 5. The molecule has 0 saturated carbocycles. The Labute approximate surface area is 110 Å². The number of hydrogen-bond acceptors (Lipinski definition) is 4. The fourth-order valence-electron chi connectivity index (χ4n) is 2.25. The van der Waals surface area contributed by atoms with E-state index in [1.54, 1.807) is 0 Å². The number of carbonyl (C=O) groups is 1. The lowest BCUT2D eigenvalue weighted by molar-refractivity contribution is -0.161. The Morgan fingerprint density at radius 2 is 1.78 bits per heavy atom. The second kappa shape index (κ2) is 9.34. The van der Waals surface area contributed by atoms with E-state index in [1.807, 2.05) is 0 Å². The number of rotatable bonds is 8. The van der Waals surface area contributed by atoms with Gasteiger partial charge < -0.3 is 9.94 Å². The van der Waals surface area contributed by atoms with Crippen molar-refractivity contribution in [1.29, 1.82) is 0 Å². The van der Waals surface area contributed by atoms with E-state index in [4.69, 9.17) is 4.74 Å². The quantitative estimate of drug-likeness (QED) is 0.536. The molecule has 1 saturated heterocycles. The van der Waals surface area contributed by atoms with Crippen LogP contribution in [0.3, 0.4) is 0 Å². The lowest BCUT2D eigenvalue weighted by Gasteiger charge is -2.27. The molecule has 1 N–H and O–H groups in total. The Balaban J connectivity index is 1.97. The first-order valence-corrected chi connectivity index (χ1v) is 7.35. The molecular formula is C14H27NO3. The van der Waals surface area contributed by atoms with Crippen LogP contribution in [-0.2, 0) is 9.53 Å². The SMILES string of the molecule is CCCCCCCCC(=O)OC1CCN(O)CC1. The van der Waals surface area contributed by atoms with E-state index in [9.17, 15) is 10.0 Å². The van der Waals surface area contributed by atoms with E-state index in [0.717, 1.165) is 25.7 Å². The second-order valence-electron chi connectivity index (χ2n) is 5.16. The van der Waals surface area contributed by atoms with Gasteiger partial charge in [-0.05, 0) is 19.3 Å². The molecule has 0 spiro atoms. The van der Waals surface area contributed by atoms with Crippen molar-refractivity contribution in [2.45, 2.75) is 70.8 Å². The average Bonchev–Trinajstić information content (AvgIpc) is 2.36. The van der Waals surface area contributed by atoms with Crippen molar-refractivity contribution in [2.75, 3.05) is 13.1 Å². The molecule has 106 valence electrons.